The number of nitrogens with zero attached hydrogens (tertiary/aromatic N) is 4. The second-order valence-corrected chi connectivity index (χ2v) is 11.5. The fourth-order valence-corrected chi connectivity index (χ4v) is 4.26. The number of fused-ring (bicyclic) bond motifs is 1. The van der Waals surface area contributed by atoms with Gasteiger partial charge in [-0.15, -0.1) is 0 Å². The molecule has 212 valence electrons. The van der Waals surface area contributed by atoms with E-state index < -0.39 is 35.0 Å². The molecule has 0 saturated carbocycles. The molecule has 4 rings (SSSR count). The Morgan fingerprint density at radius 1 is 0.643 bits per heavy atom. The summed E-state index contributed by atoms with van der Waals surface area (Å²) in [4.78, 5) is 53.8. The van der Waals surface area contributed by atoms with E-state index in [0.29, 0.717) is 10.8 Å². The summed E-state index contributed by atoms with van der Waals surface area (Å²) in [6.07, 6.45) is 1.19. The lowest BCUT2D eigenvalue weighted by Crippen LogP contribution is -2.29. The first-order valence-corrected chi connectivity index (χ1v) is 13.0. The predicted molar refractivity (Wildman–Crippen MR) is 152 cm³/mol. The summed E-state index contributed by atoms with van der Waals surface area (Å²) in [7, 11) is 0. The van der Waals surface area contributed by atoms with Gasteiger partial charge in [0.1, 0.15) is 23.3 Å². The molecule has 2 heterocycles. The van der Waals surface area contributed by atoms with Crippen molar-refractivity contribution in [1.29, 1.82) is 10.5 Å². The van der Waals surface area contributed by atoms with Gasteiger partial charge in [-0.3, -0.25) is 9.59 Å². The molecule has 2 aromatic heterocycles. The number of ether oxygens (including phenoxy) is 2. The molecular formula is C32H28N4O6. The van der Waals surface area contributed by atoms with E-state index in [1.54, 1.807) is 41.5 Å². The maximum Gasteiger partial charge on any atom is 0.419 e. The minimum atomic E-state index is -0.828. The van der Waals surface area contributed by atoms with Crippen LogP contribution in [-0.4, -0.2) is 44.1 Å². The minimum Gasteiger partial charge on any atom is -0.443 e. The van der Waals surface area contributed by atoms with E-state index in [2.05, 4.69) is 0 Å². The lowest BCUT2D eigenvalue weighted by atomic mass is 9.91. The Labute approximate surface area is 242 Å². The maximum atomic E-state index is 14.0. The standard InChI is InChI=1S/C32H28N4O6/c1-31(2,3)41-29(39)35-11-7-9-25(35)27(37)23-15-19-13-21(17-33)22(18-34)14-20(19)16-24(23)28(38)26-10-8-12-36(26)30(40)42-32(4,5)6/h7-16H,1-6H3. The first-order chi connectivity index (χ1) is 19.6. The molecule has 0 bridgehead atoms. The quantitative estimate of drug-likeness (QED) is 0.266. The third kappa shape index (κ3) is 5.98. The van der Waals surface area contributed by atoms with Crippen LogP contribution < -0.4 is 0 Å². The molecular weight excluding hydrogens is 536 g/mol. The summed E-state index contributed by atoms with van der Waals surface area (Å²) in [5.41, 5.74) is -1.75. The van der Waals surface area contributed by atoms with E-state index in [-0.39, 0.29) is 33.6 Å². The summed E-state index contributed by atoms with van der Waals surface area (Å²) < 4.78 is 13.0. The summed E-state index contributed by atoms with van der Waals surface area (Å²) in [5.74, 6) is -1.34. The molecule has 0 unspecified atom stereocenters. The van der Waals surface area contributed by atoms with Crippen LogP contribution in [0.25, 0.3) is 10.8 Å². The monoisotopic (exact) mass is 564 g/mol. The molecule has 0 aliphatic heterocycles. The number of carbonyl (C=O) groups is 4. The van der Waals surface area contributed by atoms with Crippen molar-refractivity contribution in [2.75, 3.05) is 0 Å². The highest BCUT2D eigenvalue weighted by molar-refractivity contribution is 6.21. The number of benzene rings is 2. The van der Waals surface area contributed by atoms with Crippen LogP contribution in [0, 0.1) is 22.7 Å². The van der Waals surface area contributed by atoms with Crippen molar-refractivity contribution in [2.45, 2.75) is 52.7 Å². The molecule has 0 radical (unpaired) electrons. The molecule has 0 N–H and O–H groups in total. The summed E-state index contributed by atoms with van der Waals surface area (Å²) in [6.45, 7) is 10.2. The van der Waals surface area contributed by atoms with Crippen LogP contribution in [0.3, 0.4) is 0 Å². The lowest BCUT2D eigenvalue weighted by molar-refractivity contribution is 0.0519. The molecule has 0 aliphatic rings. The topological polar surface area (TPSA) is 144 Å². The molecule has 10 nitrogen and oxygen atoms in total. The summed E-state index contributed by atoms with van der Waals surface area (Å²) >= 11 is 0. The van der Waals surface area contributed by atoms with Crippen LogP contribution in [0.4, 0.5) is 9.59 Å². The number of hydrogen-bond donors (Lipinski definition) is 0. The fourth-order valence-electron chi connectivity index (χ4n) is 4.26. The van der Waals surface area contributed by atoms with Gasteiger partial charge < -0.3 is 9.47 Å². The van der Waals surface area contributed by atoms with Crippen LogP contribution in [0.2, 0.25) is 0 Å². The zero-order chi connectivity index (χ0) is 31.0. The van der Waals surface area contributed by atoms with Gasteiger partial charge in [-0.1, -0.05) is 0 Å². The Hall–Kier alpha value is -5.48. The molecule has 0 aliphatic carbocycles. The van der Waals surface area contributed by atoms with Gasteiger partial charge >= 0.3 is 12.2 Å². The van der Waals surface area contributed by atoms with E-state index in [9.17, 15) is 29.7 Å². The smallest absolute Gasteiger partial charge is 0.419 e. The van der Waals surface area contributed by atoms with Gasteiger partial charge in [0.05, 0.1) is 22.5 Å². The van der Waals surface area contributed by atoms with Crippen LogP contribution in [0.1, 0.15) is 84.8 Å². The van der Waals surface area contributed by atoms with Gasteiger partial charge in [-0.25, -0.2) is 18.7 Å². The molecule has 10 heteroatoms. The van der Waals surface area contributed by atoms with Crippen LogP contribution in [0.5, 0.6) is 0 Å². The van der Waals surface area contributed by atoms with E-state index in [1.165, 1.54) is 60.9 Å². The van der Waals surface area contributed by atoms with E-state index >= 15 is 0 Å². The SMILES string of the molecule is CC(C)(C)OC(=O)n1cccc1C(=O)c1cc2cc(C#N)c(C#N)cc2cc1C(=O)c1cccn1C(=O)OC(C)(C)C. The second-order valence-electron chi connectivity index (χ2n) is 11.5. The molecule has 2 aromatic carbocycles. The zero-order valence-electron chi connectivity index (χ0n) is 24.0. The Balaban J connectivity index is 1.92. The first kappa shape index (κ1) is 29.5. The average molecular weight is 565 g/mol. The molecule has 0 spiro atoms. The molecule has 4 aromatic rings. The molecule has 0 atom stereocenters. The van der Waals surface area contributed by atoms with Gasteiger partial charge in [-0.05, 0) is 101 Å². The Morgan fingerprint density at radius 3 is 1.31 bits per heavy atom. The highest BCUT2D eigenvalue weighted by atomic mass is 16.6. The van der Waals surface area contributed by atoms with Crippen molar-refractivity contribution in [3.05, 3.63) is 94.6 Å². The highest BCUT2D eigenvalue weighted by Gasteiger charge is 2.29. The number of ketones is 2. The fraction of sp³-hybridized carbons (Fsp3) is 0.250. The van der Waals surface area contributed by atoms with Crippen molar-refractivity contribution in [1.82, 2.24) is 9.13 Å². The highest BCUT2D eigenvalue weighted by Crippen LogP contribution is 2.28. The second kappa shape index (κ2) is 10.8. The number of hydrogen-bond acceptors (Lipinski definition) is 8. The number of aromatic nitrogens is 2. The number of nitriles is 2. The van der Waals surface area contributed by atoms with Gasteiger partial charge in [-0.2, -0.15) is 10.5 Å². The first-order valence-electron chi connectivity index (χ1n) is 13.0. The minimum absolute atomic E-state index is 0.0608. The summed E-state index contributed by atoms with van der Waals surface area (Å²) in [6, 6.07) is 15.5. The van der Waals surface area contributed by atoms with Gasteiger partial charge in [0.15, 0.2) is 0 Å². The van der Waals surface area contributed by atoms with Gasteiger partial charge in [0, 0.05) is 23.5 Å². The van der Waals surface area contributed by atoms with Crippen molar-refractivity contribution < 1.29 is 28.7 Å². The molecule has 42 heavy (non-hydrogen) atoms. The zero-order valence-corrected chi connectivity index (χ0v) is 24.0. The van der Waals surface area contributed by atoms with Gasteiger partial charge in [0.25, 0.3) is 0 Å². The number of rotatable bonds is 4. The predicted octanol–water partition coefficient (Wildman–Crippen LogP) is 6.21. The Bertz CT molecular complexity index is 1710. The third-order valence-electron chi connectivity index (χ3n) is 5.99. The average Bonchev–Trinajstić information content (AvgIpc) is 3.59. The van der Waals surface area contributed by atoms with Crippen LogP contribution in [0.15, 0.2) is 60.9 Å². The maximum absolute atomic E-state index is 14.0. The van der Waals surface area contributed by atoms with E-state index in [0.717, 1.165) is 9.13 Å². The van der Waals surface area contributed by atoms with Crippen molar-refractivity contribution in [2.24, 2.45) is 0 Å². The lowest BCUT2D eigenvalue weighted by Gasteiger charge is -2.21. The summed E-state index contributed by atoms with van der Waals surface area (Å²) in [5, 5.41) is 19.9. The number of carbonyl (C=O) groups excluding carboxylic acids is 4. The Kier molecular flexibility index (Phi) is 7.61. The molecule has 0 amide bonds. The van der Waals surface area contributed by atoms with Crippen molar-refractivity contribution in [3.63, 3.8) is 0 Å². The molecule has 0 saturated heterocycles. The van der Waals surface area contributed by atoms with E-state index in [1.807, 2.05) is 12.1 Å². The van der Waals surface area contributed by atoms with Crippen molar-refractivity contribution in [3.8, 4) is 12.1 Å². The molecule has 0 fully saturated rings. The van der Waals surface area contributed by atoms with Crippen molar-refractivity contribution >= 4 is 34.5 Å². The normalized spacial score (nSPS) is 11.4. The van der Waals surface area contributed by atoms with Crippen LogP contribution in [-0.2, 0) is 9.47 Å². The van der Waals surface area contributed by atoms with E-state index in [4.69, 9.17) is 9.47 Å². The largest absolute Gasteiger partial charge is 0.443 e. The third-order valence-corrected chi connectivity index (χ3v) is 5.99. The van der Waals surface area contributed by atoms with Crippen LogP contribution >= 0.6 is 0 Å². The Morgan fingerprint density at radius 2 is 1.00 bits per heavy atom. The van der Waals surface area contributed by atoms with Gasteiger partial charge in [0.2, 0.25) is 11.6 Å².